The minimum atomic E-state index is 0.134. The zero-order chi connectivity index (χ0) is 10.6. The van der Waals surface area contributed by atoms with Crippen LogP contribution >= 0.6 is 0 Å². The monoisotopic (exact) mass is 191 g/mol. The van der Waals surface area contributed by atoms with Gasteiger partial charge in [0.15, 0.2) is 5.78 Å². The second-order valence-electron chi connectivity index (χ2n) is 3.51. The van der Waals surface area contributed by atoms with Crippen molar-refractivity contribution in [2.45, 2.75) is 33.7 Å². The normalized spacial score (nSPS) is 11.8. The molecular formula is C12H17NO. The number of hydrogen-bond acceptors (Lipinski definition) is 1. The molecule has 0 aliphatic rings. The van der Waals surface area contributed by atoms with Gasteiger partial charge in [0.1, 0.15) is 0 Å². The third-order valence-corrected chi connectivity index (χ3v) is 2.25. The highest BCUT2D eigenvalue weighted by Crippen LogP contribution is 2.09. The summed E-state index contributed by atoms with van der Waals surface area (Å²) in [6.07, 6.45) is 5.09. The van der Waals surface area contributed by atoms with Gasteiger partial charge in [-0.2, -0.15) is 0 Å². The number of rotatable bonds is 4. The highest BCUT2D eigenvalue weighted by atomic mass is 16.1. The van der Waals surface area contributed by atoms with E-state index in [0.29, 0.717) is 0 Å². The van der Waals surface area contributed by atoms with E-state index in [1.165, 1.54) is 0 Å². The molecule has 0 bridgehead atoms. The van der Waals surface area contributed by atoms with Crippen LogP contribution in [0.3, 0.4) is 0 Å². The van der Waals surface area contributed by atoms with Crippen LogP contribution in [0.4, 0.5) is 0 Å². The van der Waals surface area contributed by atoms with Crippen LogP contribution in [0.5, 0.6) is 0 Å². The number of Topliss-reactive ketones (excluding diaryl/α,β-unsaturated/α-hetero) is 1. The first-order valence-corrected chi connectivity index (χ1v) is 4.99. The van der Waals surface area contributed by atoms with E-state index in [-0.39, 0.29) is 5.78 Å². The van der Waals surface area contributed by atoms with Crippen LogP contribution in [-0.2, 0) is 11.3 Å². The lowest BCUT2D eigenvalue weighted by Crippen LogP contribution is -1.98. The first-order valence-electron chi connectivity index (χ1n) is 4.99. The van der Waals surface area contributed by atoms with E-state index in [2.05, 4.69) is 11.5 Å². The van der Waals surface area contributed by atoms with Crippen LogP contribution in [0, 0.1) is 0 Å². The number of carbonyl (C=O) groups is 1. The molecule has 0 unspecified atom stereocenters. The number of nitrogens with zero attached hydrogens (tertiary/aromatic N) is 1. The van der Waals surface area contributed by atoms with Crippen molar-refractivity contribution in [1.82, 2.24) is 4.57 Å². The number of allylic oxidation sites excluding steroid dienone is 1. The van der Waals surface area contributed by atoms with Gasteiger partial charge in [0.05, 0.1) is 0 Å². The summed E-state index contributed by atoms with van der Waals surface area (Å²) in [6.45, 7) is 6.60. The molecule has 0 saturated heterocycles. The van der Waals surface area contributed by atoms with Gasteiger partial charge in [-0.1, -0.05) is 6.92 Å². The van der Waals surface area contributed by atoms with Gasteiger partial charge in [-0.25, -0.2) is 0 Å². The molecule has 14 heavy (non-hydrogen) atoms. The van der Waals surface area contributed by atoms with E-state index in [1.807, 2.05) is 31.3 Å². The van der Waals surface area contributed by atoms with Crippen LogP contribution in [0.15, 0.2) is 23.9 Å². The first kappa shape index (κ1) is 10.8. The molecule has 2 heteroatoms. The number of aromatic nitrogens is 1. The molecule has 0 amide bonds. The number of hydrogen-bond donors (Lipinski definition) is 0. The van der Waals surface area contributed by atoms with E-state index >= 15 is 0 Å². The van der Waals surface area contributed by atoms with Crippen LogP contribution in [0.25, 0.3) is 6.08 Å². The summed E-state index contributed by atoms with van der Waals surface area (Å²) in [6, 6.07) is 4.04. The fourth-order valence-corrected chi connectivity index (χ4v) is 1.33. The summed E-state index contributed by atoms with van der Waals surface area (Å²) in [7, 11) is 0. The predicted octanol–water partition coefficient (Wildman–Crippen LogP) is 2.89. The molecule has 0 aliphatic carbocycles. The molecule has 1 heterocycles. The summed E-state index contributed by atoms with van der Waals surface area (Å²) >= 11 is 0. The smallest absolute Gasteiger partial charge is 0.155 e. The molecule has 0 aliphatic heterocycles. The lowest BCUT2D eigenvalue weighted by Gasteiger charge is -2.04. The van der Waals surface area contributed by atoms with Crippen molar-refractivity contribution in [2.75, 3.05) is 0 Å². The number of carbonyl (C=O) groups excluding carboxylic acids is 1. The third kappa shape index (κ3) is 2.59. The SMILES string of the molecule is CCCn1cccc1/C=C(/C)C(C)=O. The predicted molar refractivity (Wildman–Crippen MR) is 59.1 cm³/mol. The van der Waals surface area contributed by atoms with Crippen LogP contribution in [-0.4, -0.2) is 10.4 Å². The topological polar surface area (TPSA) is 22.0 Å². The van der Waals surface area contributed by atoms with Gasteiger partial charge in [0.2, 0.25) is 0 Å². The highest BCUT2D eigenvalue weighted by Gasteiger charge is 2.00. The molecule has 0 spiro atoms. The number of ketones is 1. The average molecular weight is 191 g/mol. The Balaban J connectivity index is 2.90. The quantitative estimate of drug-likeness (QED) is 0.671. The van der Waals surface area contributed by atoms with Crippen LogP contribution < -0.4 is 0 Å². The van der Waals surface area contributed by atoms with E-state index in [9.17, 15) is 4.79 Å². The Morgan fingerprint density at radius 3 is 2.79 bits per heavy atom. The second-order valence-corrected chi connectivity index (χ2v) is 3.51. The molecule has 1 rings (SSSR count). The Labute approximate surface area is 85.2 Å². The average Bonchev–Trinajstić information content (AvgIpc) is 2.53. The molecule has 0 N–H and O–H groups in total. The Bertz CT molecular complexity index is 347. The fraction of sp³-hybridized carbons (Fsp3) is 0.417. The van der Waals surface area contributed by atoms with Crippen molar-refractivity contribution < 1.29 is 4.79 Å². The third-order valence-electron chi connectivity index (χ3n) is 2.25. The van der Waals surface area contributed by atoms with Gasteiger partial charge in [-0.3, -0.25) is 4.79 Å². The largest absolute Gasteiger partial charge is 0.348 e. The van der Waals surface area contributed by atoms with Crippen molar-refractivity contribution in [3.63, 3.8) is 0 Å². The van der Waals surface area contributed by atoms with Crippen molar-refractivity contribution in [2.24, 2.45) is 0 Å². The maximum Gasteiger partial charge on any atom is 0.155 e. The Kier molecular flexibility index (Phi) is 3.69. The summed E-state index contributed by atoms with van der Waals surface area (Å²) in [5.41, 5.74) is 1.92. The van der Waals surface area contributed by atoms with Crippen molar-refractivity contribution in [1.29, 1.82) is 0 Å². The Hall–Kier alpha value is -1.31. The summed E-state index contributed by atoms with van der Waals surface area (Å²) in [5, 5.41) is 0. The summed E-state index contributed by atoms with van der Waals surface area (Å²) in [4.78, 5) is 11.1. The molecule has 0 fully saturated rings. The van der Waals surface area contributed by atoms with E-state index < -0.39 is 0 Å². The van der Waals surface area contributed by atoms with Gasteiger partial charge in [-0.05, 0) is 44.1 Å². The standard InChI is InChI=1S/C12H17NO/c1-4-7-13-8-5-6-12(13)9-10(2)11(3)14/h5-6,8-9H,4,7H2,1-3H3/b10-9-. The van der Waals surface area contributed by atoms with E-state index in [1.54, 1.807) is 6.92 Å². The second kappa shape index (κ2) is 4.80. The molecule has 0 radical (unpaired) electrons. The lowest BCUT2D eigenvalue weighted by molar-refractivity contribution is -0.113. The van der Waals surface area contributed by atoms with Gasteiger partial charge in [-0.15, -0.1) is 0 Å². The minimum Gasteiger partial charge on any atom is -0.348 e. The lowest BCUT2D eigenvalue weighted by atomic mass is 10.2. The van der Waals surface area contributed by atoms with Gasteiger partial charge in [0, 0.05) is 18.4 Å². The van der Waals surface area contributed by atoms with Crippen LogP contribution in [0.2, 0.25) is 0 Å². The van der Waals surface area contributed by atoms with E-state index in [0.717, 1.165) is 24.2 Å². The maximum absolute atomic E-state index is 11.1. The molecule has 1 aromatic rings. The minimum absolute atomic E-state index is 0.134. The molecule has 0 aromatic carbocycles. The maximum atomic E-state index is 11.1. The first-order chi connectivity index (χ1) is 6.65. The molecule has 1 aromatic heterocycles. The number of aryl methyl sites for hydroxylation is 1. The zero-order valence-electron chi connectivity index (χ0n) is 9.08. The van der Waals surface area contributed by atoms with Gasteiger partial charge in [0.25, 0.3) is 0 Å². The molecule has 0 saturated carbocycles. The fourth-order valence-electron chi connectivity index (χ4n) is 1.33. The summed E-state index contributed by atoms with van der Waals surface area (Å²) in [5.74, 6) is 0.134. The zero-order valence-corrected chi connectivity index (χ0v) is 9.08. The van der Waals surface area contributed by atoms with Gasteiger partial charge < -0.3 is 4.57 Å². The van der Waals surface area contributed by atoms with Crippen LogP contribution in [0.1, 0.15) is 32.9 Å². The van der Waals surface area contributed by atoms with Gasteiger partial charge >= 0.3 is 0 Å². The Morgan fingerprint density at radius 1 is 1.50 bits per heavy atom. The van der Waals surface area contributed by atoms with E-state index in [4.69, 9.17) is 0 Å². The molecule has 2 nitrogen and oxygen atoms in total. The summed E-state index contributed by atoms with van der Waals surface area (Å²) < 4.78 is 2.16. The Morgan fingerprint density at radius 2 is 2.21 bits per heavy atom. The molecule has 76 valence electrons. The van der Waals surface area contributed by atoms with Crippen molar-refractivity contribution in [3.05, 3.63) is 29.6 Å². The highest BCUT2D eigenvalue weighted by molar-refractivity contribution is 5.96. The van der Waals surface area contributed by atoms with Crippen molar-refractivity contribution >= 4 is 11.9 Å². The van der Waals surface area contributed by atoms with Crippen molar-refractivity contribution in [3.8, 4) is 0 Å². The molecular weight excluding hydrogens is 174 g/mol. The molecule has 0 atom stereocenters.